The number of esters is 1. The number of carbonyl (C=O) groups is 1. The van der Waals surface area contributed by atoms with E-state index in [0.717, 1.165) is 5.56 Å². The molecule has 0 saturated carbocycles. The van der Waals surface area contributed by atoms with Gasteiger partial charge < -0.3 is 19.7 Å². The van der Waals surface area contributed by atoms with Crippen molar-refractivity contribution in [3.8, 4) is 17.2 Å². The van der Waals surface area contributed by atoms with Crippen LogP contribution in [-0.4, -0.2) is 23.3 Å². The summed E-state index contributed by atoms with van der Waals surface area (Å²) >= 11 is 6.87. The number of hydrogen-bond acceptors (Lipinski definition) is 6. The monoisotopic (exact) mass is 581 g/mol. The van der Waals surface area contributed by atoms with Gasteiger partial charge in [0, 0.05) is 24.5 Å². The Morgan fingerprint density at radius 1 is 1.06 bits per heavy atom. The third-order valence-electron chi connectivity index (χ3n) is 4.80. The van der Waals surface area contributed by atoms with E-state index in [9.17, 15) is 19.6 Å². The second kappa shape index (κ2) is 10.1. The molecule has 0 aromatic heterocycles. The predicted molar refractivity (Wildman–Crippen MR) is 129 cm³/mol. The SMILES string of the molecule is COC(=O)c1ccc(Cc2cc(Oc3c(Br)cc(C(C)(O)[PH+]=O)cc3Br)ccc2O)cc1. The third kappa shape index (κ3) is 5.56. The smallest absolute Gasteiger partial charge is 0.364 e. The van der Waals surface area contributed by atoms with E-state index in [2.05, 4.69) is 31.9 Å². The first kappa shape index (κ1) is 24.4. The van der Waals surface area contributed by atoms with Gasteiger partial charge in [-0.2, -0.15) is 0 Å². The van der Waals surface area contributed by atoms with Crippen LogP contribution in [0, 0.1) is 0 Å². The molecule has 0 spiro atoms. The summed E-state index contributed by atoms with van der Waals surface area (Å²) in [6.07, 6.45) is 0.430. The maximum atomic E-state index is 11.6. The number of aromatic hydroxyl groups is 1. The standard InChI is InChI=1S/C23H19Br2O6P/c1-23(28,32-29)16-11-18(24)21(19(25)12-16)31-17-7-8-20(26)15(10-17)9-13-3-5-14(6-4-13)22(27)30-2/h3-8,10-12,26,28H,9H2,1-2H3/p+1. The fourth-order valence-electron chi connectivity index (χ4n) is 2.98. The highest BCUT2D eigenvalue weighted by molar-refractivity contribution is 9.11. The van der Waals surface area contributed by atoms with Crippen molar-refractivity contribution < 1.29 is 29.0 Å². The van der Waals surface area contributed by atoms with E-state index in [-0.39, 0.29) is 5.75 Å². The molecule has 0 bridgehead atoms. The molecule has 6 nitrogen and oxygen atoms in total. The lowest BCUT2D eigenvalue weighted by Gasteiger charge is -2.15. The number of phenolic OH excluding ortho intramolecular Hbond substituents is 1. The van der Waals surface area contributed by atoms with Crippen molar-refractivity contribution >= 4 is 46.3 Å². The number of halogens is 2. The van der Waals surface area contributed by atoms with Crippen LogP contribution in [0.5, 0.6) is 17.2 Å². The number of methoxy groups -OCH3 is 1. The summed E-state index contributed by atoms with van der Waals surface area (Å²) in [4.78, 5) is 11.6. The van der Waals surface area contributed by atoms with Crippen LogP contribution in [0.4, 0.5) is 0 Å². The fraction of sp³-hybridized carbons (Fsp3) is 0.174. The van der Waals surface area contributed by atoms with Gasteiger partial charge in [0.05, 0.1) is 21.6 Å². The zero-order valence-corrected chi connectivity index (χ0v) is 21.4. The molecule has 2 N–H and O–H groups in total. The van der Waals surface area contributed by atoms with Crippen LogP contribution in [0.2, 0.25) is 0 Å². The van der Waals surface area contributed by atoms with Crippen LogP contribution in [0.3, 0.4) is 0 Å². The average molecular weight is 583 g/mol. The zero-order valence-electron chi connectivity index (χ0n) is 17.2. The molecule has 2 unspecified atom stereocenters. The molecule has 0 saturated heterocycles. The molecule has 3 rings (SSSR count). The Labute approximate surface area is 203 Å². The van der Waals surface area contributed by atoms with Gasteiger partial charge in [0.15, 0.2) is 5.75 Å². The minimum absolute atomic E-state index is 0.121. The lowest BCUT2D eigenvalue weighted by atomic mass is 10.0. The van der Waals surface area contributed by atoms with E-state index in [0.29, 0.717) is 43.6 Å². The molecule has 3 aromatic rings. The Balaban J connectivity index is 1.85. The Kier molecular flexibility index (Phi) is 7.72. The number of hydrogen-bond donors (Lipinski definition) is 2. The van der Waals surface area contributed by atoms with E-state index >= 15 is 0 Å². The van der Waals surface area contributed by atoms with Gasteiger partial charge in [-0.05, 0) is 79.9 Å². The molecule has 166 valence electrons. The maximum Gasteiger partial charge on any atom is 0.364 e. The van der Waals surface area contributed by atoms with Crippen molar-refractivity contribution in [2.75, 3.05) is 7.11 Å². The van der Waals surface area contributed by atoms with E-state index < -0.39 is 19.8 Å². The molecular formula is C23H20Br2O6P+. The van der Waals surface area contributed by atoms with Gasteiger partial charge in [-0.25, -0.2) is 4.79 Å². The van der Waals surface area contributed by atoms with Crippen molar-refractivity contribution in [3.63, 3.8) is 0 Å². The van der Waals surface area contributed by atoms with Crippen molar-refractivity contribution in [2.24, 2.45) is 0 Å². The summed E-state index contributed by atoms with van der Waals surface area (Å²) in [6.45, 7) is 1.47. The summed E-state index contributed by atoms with van der Waals surface area (Å²) in [6, 6.07) is 15.2. The van der Waals surface area contributed by atoms with Gasteiger partial charge in [-0.3, -0.25) is 0 Å². The highest BCUT2D eigenvalue weighted by Gasteiger charge is 2.33. The summed E-state index contributed by atoms with van der Waals surface area (Å²) in [5, 5.41) is 19.1. The van der Waals surface area contributed by atoms with Crippen molar-refractivity contribution in [1.29, 1.82) is 0 Å². The topological polar surface area (TPSA) is 93.1 Å². The number of ether oxygens (including phenoxy) is 2. The summed E-state index contributed by atoms with van der Waals surface area (Å²) in [7, 11) is 0.405. The lowest BCUT2D eigenvalue weighted by Crippen LogP contribution is -2.12. The van der Waals surface area contributed by atoms with Crippen molar-refractivity contribution in [3.05, 3.63) is 85.8 Å². The minimum Gasteiger partial charge on any atom is -0.508 e. The van der Waals surface area contributed by atoms with Crippen LogP contribution in [0.1, 0.15) is 34.0 Å². The molecule has 0 radical (unpaired) electrons. The van der Waals surface area contributed by atoms with Gasteiger partial charge in [0.1, 0.15) is 11.5 Å². The van der Waals surface area contributed by atoms with E-state index in [1.807, 2.05) is 0 Å². The largest absolute Gasteiger partial charge is 0.508 e. The first-order valence-electron chi connectivity index (χ1n) is 9.43. The summed E-state index contributed by atoms with van der Waals surface area (Å²) in [5.74, 6) is 0.679. The highest BCUT2D eigenvalue weighted by atomic mass is 79.9. The van der Waals surface area contributed by atoms with Crippen LogP contribution in [0.15, 0.2) is 63.5 Å². The van der Waals surface area contributed by atoms with Crippen molar-refractivity contribution in [1.82, 2.24) is 0 Å². The number of phenols is 1. The van der Waals surface area contributed by atoms with Crippen LogP contribution in [0.25, 0.3) is 0 Å². The molecular weight excluding hydrogens is 563 g/mol. The third-order valence-corrected chi connectivity index (χ3v) is 6.66. The minimum atomic E-state index is -1.47. The van der Waals surface area contributed by atoms with Gasteiger partial charge in [0.25, 0.3) is 5.34 Å². The summed E-state index contributed by atoms with van der Waals surface area (Å²) in [5.41, 5.74) is 2.47. The molecule has 0 aliphatic carbocycles. The summed E-state index contributed by atoms with van der Waals surface area (Å²) < 4.78 is 23.2. The Morgan fingerprint density at radius 2 is 1.69 bits per heavy atom. The first-order valence-corrected chi connectivity index (χ1v) is 11.9. The zero-order chi connectivity index (χ0) is 23.5. The molecule has 3 aromatic carbocycles. The number of aliphatic hydroxyl groups is 1. The van der Waals surface area contributed by atoms with Gasteiger partial charge in [0.2, 0.25) is 0 Å². The van der Waals surface area contributed by atoms with Gasteiger partial charge >= 0.3 is 14.4 Å². The van der Waals surface area contributed by atoms with E-state index in [4.69, 9.17) is 9.47 Å². The Bertz CT molecular complexity index is 1140. The van der Waals surface area contributed by atoms with Crippen LogP contribution >= 0.6 is 40.3 Å². The maximum absolute atomic E-state index is 11.6. The number of rotatable bonds is 7. The van der Waals surface area contributed by atoms with Crippen LogP contribution < -0.4 is 4.74 Å². The van der Waals surface area contributed by atoms with Gasteiger partial charge in [-0.1, -0.05) is 16.7 Å². The average Bonchev–Trinajstić information content (AvgIpc) is 2.78. The fourth-order valence-corrected chi connectivity index (χ4v) is 4.59. The molecule has 9 heteroatoms. The van der Waals surface area contributed by atoms with Gasteiger partial charge in [-0.15, -0.1) is 0 Å². The molecule has 0 aliphatic heterocycles. The highest BCUT2D eigenvalue weighted by Crippen LogP contribution is 2.43. The predicted octanol–water partition coefficient (Wildman–Crippen LogP) is 6.28. The number of carbonyl (C=O) groups excluding carboxylic acids is 1. The van der Waals surface area contributed by atoms with Crippen molar-refractivity contribution in [2.45, 2.75) is 18.7 Å². The second-order valence-corrected chi connectivity index (χ2v) is 10.1. The lowest BCUT2D eigenvalue weighted by molar-refractivity contribution is 0.0600. The van der Waals surface area contributed by atoms with E-state index in [1.165, 1.54) is 14.0 Å². The molecule has 2 atom stereocenters. The Morgan fingerprint density at radius 3 is 2.25 bits per heavy atom. The Hall–Kier alpha value is -2.25. The second-order valence-electron chi connectivity index (χ2n) is 7.20. The molecule has 32 heavy (non-hydrogen) atoms. The quantitative estimate of drug-likeness (QED) is 0.252. The van der Waals surface area contributed by atoms with Crippen LogP contribution in [-0.2, 0) is 21.1 Å². The number of benzene rings is 3. The first-order chi connectivity index (χ1) is 15.1. The van der Waals surface area contributed by atoms with E-state index in [1.54, 1.807) is 54.6 Å². The molecule has 0 amide bonds. The normalized spacial score (nSPS) is 12.9. The molecule has 0 fully saturated rings. The molecule has 0 aliphatic rings. The molecule has 0 heterocycles.